The van der Waals surface area contributed by atoms with E-state index in [1.54, 1.807) is 23.5 Å². The summed E-state index contributed by atoms with van der Waals surface area (Å²) in [7, 11) is -4.27. The Morgan fingerprint density at radius 2 is 1.40 bits per heavy atom. The summed E-state index contributed by atoms with van der Waals surface area (Å²) in [6.45, 7) is 1.51. The van der Waals surface area contributed by atoms with Crippen molar-refractivity contribution in [3.63, 3.8) is 0 Å². The van der Waals surface area contributed by atoms with Crippen molar-refractivity contribution >= 4 is 56.4 Å². The van der Waals surface area contributed by atoms with E-state index in [1.165, 1.54) is 0 Å². The number of benzene rings is 4. The first-order chi connectivity index (χ1) is 22.7. The lowest BCUT2D eigenvalue weighted by Crippen LogP contribution is -2.30. The van der Waals surface area contributed by atoms with Crippen LogP contribution in [0.1, 0.15) is 25.7 Å². The molecule has 0 amide bonds. The molecule has 2 heterocycles. The minimum Gasteiger partial charge on any atom is -0.748 e. The van der Waals surface area contributed by atoms with Gasteiger partial charge in [-0.05, 0) is 78.3 Å². The molecule has 47 heavy (non-hydrogen) atoms. The van der Waals surface area contributed by atoms with Crippen LogP contribution in [0.5, 0.6) is 0 Å². The van der Waals surface area contributed by atoms with Crippen LogP contribution in [0.4, 0.5) is 11.4 Å². The molecule has 2 aliphatic heterocycles. The first kappa shape index (κ1) is 33.8. The normalized spacial score (nSPS) is 17.2. The van der Waals surface area contributed by atoms with Gasteiger partial charge >= 0.3 is 11.4 Å². The van der Waals surface area contributed by atoms with Gasteiger partial charge in [-0.1, -0.05) is 96.3 Å². The summed E-state index contributed by atoms with van der Waals surface area (Å²) >= 11 is 1.21. The van der Waals surface area contributed by atoms with Crippen molar-refractivity contribution in [3.8, 4) is 22.3 Å². The number of hydrogen-bond acceptors (Lipinski definition) is 9. The minimum absolute atomic E-state index is 0.0482. The summed E-state index contributed by atoms with van der Waals surface area (Å²) in [6, 6.07) is 33.5. The van der Waals surface area contributed by atoms with E-state index in [1.807, 2.05) is 36.4 Å². The Morgan fingerprint density at radius 1 is 0.787 bits per heavy atom. The zero-order valence-corrected chi connectivity index (χ0v) is 28.8. The quantitative estimate of drug-likeness (QED) is 0.0787. The van der Waals surface area contributed by atoms with E-state index >= 15 is 0 Å². The fourth-order valence-electron chi connectivity index (χ4n) is 5.81. The molecule has 0 aromatic heterocycles. The van der Waals surface area contributed by atoms with Gasteiger partial charge in [-0.3, -0.25) is 8.74 Å². The Balaban J connectivity index is 1.30. The number of fused-ring (bicyclic) bond motifs is 2. The maximum Gasteiger partial charge on any atom is 0.301 e. The van der Waals surface area contributed by atoms with Gasteiger partial charge < -0.3 is 14.4 Å². The molecule has 0 bridgehead atoms. The lowest BCUT2D eigenvalue weighted by Gasteiger charge is -2.27. The van der Waals surface area contributed by atoms with Crippen molar-refractivity contribution in [2.75, 3.05) is 35.2 Å². The highest BCUT2D eigenvalue weighted by Crippen LogP contribution is 2.51. The molecule has 12 heteroatoms. The molecule has 0 saturated heterocycles. The van der Waals surface area contributed by atoms with Crippen LogP contribution in [-0.2, 0) is 25.7 Å². The number of unbranched alkanes of at least 4 members (excludes halogenated alkanes) is 2. The average Bonchev–Trinajstić information content (AvgIpc) is 3.59. The Bertz CT molecular complexity index is 1850. The summed E-state index contributed by atoms with van der Waals surface area (Å²) < 4.78 is 58.8. The van der Waals surface area contributed by atoms with E-state index in [0.717, 1.165) is 54.9 Å². The fourth-order valence-corrected chi connectivity index (χ4v) is 9.09. The molecular formula is C35H35N2O6S4-. The number of rotatable bonds is 14. The van der Waals surface area contributed by atoms with Crippen LogP contribution in [0.15, 0.2) is 118 Å². The Kier molecular flexibility index (Phi) is 11.1. The third-order valence-corrected chi connectivity index (χ3v) is 11.6. The molecule has 8 nitrogen and oxygen atoms in total. The van der Waals surface area contributed by atoms with Crippen LogP contribution < -0.4 is 9.80 Å². The van der Waals surface area contributed by atoms with Gasteiger partial charge in [0.15, 0.2) is 0 Å². The average molecular weight is 708 g/mol. The molecule has 4 aromatic rings. The highest BCUT2D eigenvalue weighted by atomic mass is 32.2. The smallest absolute Gasteiger partial charge is 0.301 e. The molecule has 2 atom stereocenters. The third kappa shape index (κ3) is 8.69. The fraction of sp³-hybridized carbons (Fsp3) is 0.257. The van der Waals surface area contributed by atoms with Crippen molar-refractivity contribution in [1.82, 2.24) is 0 Å². The van der Waals surface area contributed by atoms with E-state index in [-0.39, 0.29) is 17.7 Å². The number of anilines is 2. The zero-order chi connectivity index (χ0) is 32.8. The Hall–Kier alpha value is -3.10. The molecule has 0 fully saturated rings. The molecule has 6 rings (SSSR count). The van der Waals surface area contributed by atoms with Crippen molar-refractivity contribution in [1.29, 1.82) is 0 Å². The molecule has 0 spiro atoms. The molecular weight excluding hydrogens is 673 g/mol. The molecule has 246 valence electrons. The van der Waals surface area contributed by atoms with Crippen molar-refractivity contribution in [2.24, 2.45) is 0 Å². The van der Waals surface area contributed by atoms with Gasteiger partial charge in [0.25, 0.3) is 0 Å². The standard InChI is InChI=1S/C35H36N2O6S4/c38-46(39)43-21-9-7-19-36-30-23-28(26-11-3-1-4-12-26)15-17-32(30)44-34(36)25-35-37(20-8-10-22-47(40,41)42)31-24-29(16-18-33(31)45-35)27-13-5-2-6-14-27/h1-6,11-18,23-25,35H,7-10,19-22H2,(H,38,39)(H,40,41,42)/p-1/b34-25-. The number of nitrogens with zero attached hydrogens (tertiary/aromatic N) is 2. The summed E-state index contributed by atoms with van der Waals surface area (Å²) in [6.07, 6.45) is 4.55. The lowest BCUT2D eigenvalue weighted by molar-refractivity contribution is 0.299. The highest BCUT2D eigenvalue weighted by Gasteiger charge is 2.32. The van der Waals surface area contributed by atoms with E-state index in [0.29, 0.717) is 32.4 Å². The van der Waals surface area contributed by atoms with Gasteiger partial charge in [0.05, 0.1) is 33.1 Å². The second-order valence-electron chi connectivity index (χ2n) is 11.3. The zero-order valence-electron chi connectivity index (χ0n) is 25.6. The topological polar surface area (TPSA) is 110 Å². The summed E-state index contributed by atoms with van der Waals surface area (Å²) in [5, 5.41) is 1.05. The molecule has 2 aliphatic rings. The molecule has 0 aliphatic carbocycles. The second-order valence-corrected chi connectivity index (χ2v) is 15.7. The number of hydrogen-bond donors (Lipinski definition) is 1. The molecule has 4 aromatic carbocycles. The monoisotopic (exact) mass is 707 g/mol. The highest BCUT2D eigenvalue weighted by molar-refractivity contribution is 8.04. The van der Waals surface area contributed by atoms with E-state index in [2.05, 4.69) is 76.5 Å². The SMILES string of the molecule is O=S(O)OCCCCN1/C(=C/C2Sc3ccc(-c4ccccc4)cc3N2CCCCS(=O)(=O)[O-])Sc2ccc(-c3ccccc3)cc21. The van der Waals surface area contributed by atoms with Gasteiger partial charge in [-0.25, -0.2) is 8.42 Å². The van der Waals surface area contributed by atoms with Crippen LogP contribution in [0.3, 0.4) is 0 Å². The van der Waals surface area contributed by atoms with Gasteiger partial charge in [-0.15, -0.1) is 0 Å². The number of thioether (sulfide) groups is 2. The molecule has 1 N–H and O–H groups in total. The van der Waals surface area contributed by atoms with Crippen molar-refractivity contribution in [3.05, 3.63) is 108 Å². The molecule has 0 saturated carbocycles. The first-order valence-corrected chi connectivity index (χ1v) is 19.7. The summed E-state index contributed by atoms with van der Waals surface area (Å²) in [5.41, 5.74) is 6.70. The Morgan fingerprint density at radius 3 is 2.04 bits per heavy atom. The van der Waals surface area contributed by atoms with Gasteiger partial charge in [0.2, 0.25) is 0 Å². The predicted octanol–water partition coefficient (Wildman–Crippen LogP) is 7.97. The maximum absolute atomic E-state index is 11.3. The maximum atomic E-state index is 11.3. The first-order valence-electron chi connectivity index (χ1n) is 15.4. The lowest BCUT2D eigenvalue weighted by atomic mass is 10.0. The third-order valence-electron chi connectivity index (χ3n) is 8.06. The molecule has 0 radical (unpaired) electrons. The van der Waals surface area contributed by atoms with Crippen LogP contribution in [0.2, 0.25) is 0 Å². The van der Waals surface area contributed by atoms with Gasteiger partial charge in [0.1, 0.15) is 5.37 Å². The second kappa shape index (κ2) is 15.4. The van der Waals surface area contributed by atoms with Crippen LogP contribution in [0.25, 0.3) is 22.3 Å². The Labute approximate surface area is 287 Å². The van der Waals surface area contributed by atoms with E-state index in [4.69, 9.17) is 8.74 Å². The van der Waals surface area contributed by atoms with Gasteiger partial charge in [-0.2, -0.15) is 4.21 Å². The largest absolute Gasteiger partial charge is 0.748 e. The van der Waals surface area contributed by atoms with E-state index in [9.17, 15) is 17.2 Å². The predicted molar refractivity (Wildman–Crippen MR) is 192 cm³/mol. The molecule has 2 unspecified atom stereocenters. The summed E-state index contributed by atoms with van der Waals surface area (Å²) in [4.78, 5) is 6.94. The van der Waals surface area contributed by atoms with Crippen molar-refractivity contribution < 1.29 is 25.9 Å². The van der Waals surface area contributed by atoms with Crippen LogP contribution >= 0.6 is 23.5 Å². The van der Waals surface area contributed by atoms with Crippen LogP contribution in [0, 0.1) is 0 Å². The summed E-state index contributed by atoms with van der Waals surface area (Å²) in [5.74, 6) is -0.368. The van der Waals surface area contributed by atoms with Gasteiger partial charge in [0, 0.05) is 28.6 Å². The minimum atomic E-state index is -4.27. The van der Waals surface area contributed by atoms with E-state index < -0.39 is 21.5 Å². The van der Waals surface area contributed by atoms with Crippen molar-refractivity contribution in [2.45, 2.75) is 40.8 Å². The van der Waals surface area contributed by atoms with Crippen LogP contribution in [-0.4, -0.2) is 52.6 Å².